The number of nitro groups is 2. The molecular formula is C18H16N4O6. The summed E-state index contributed by atoms with van der Waals surface area (Å²) < 4.78 is 0. The van der Waals surface area contributed by atoms with Gasteiger partial charge in [-0.2, -0.15) is 0 Å². The fourth-order valence-electron chi connectivity index (χ4n) is 2.65. The minimum Gasteiger partial charge on any atom is -0.349 e. The Morgan fingerprint density at radius 3 is 2.36 bits per heavy atom. The van der Waals surface area contributed by atoms with Gasteiger partial charge in [-0.05, 0) is 38.0 Å². The van der Waals surface area contributed by atoms with Crippen molar-refractivity contribution in [3.8, 4) is 0 Å². The number of nitrogens with one attached hydrogen (secondary N) is 2. The third kappa shape index (κ3) is 4.11. The predicted molar refractivity (Wildman–Crippen MR) is 99.4 cm³/mol. The van der Waals surface area contributed by atoms with Crippen LogP contribution >= 0.6 is 0 Å². The molecule has 1 saturated carbocycles. The van der Waals surface area contributed by atoms with Crippen LogP contribution in [0.4, 0.5) is 17.1 Å². The highest BCUT2D eigenvalue weighted by molar-refractivity contribution is 6.07. The van der Waals surface area contributed by atoms with Crippen molar-refractivity contribution in [1.82, 2.24) is 5.32 Å². The molecule has 2 N–H and O–H groups in total. The van der Waals surface area contributed by atoms with Crippen LogP contribution in [0.5, 0.6) is 0 Å². The summed E-state index contributed by atoms with van der Waals surface area (Å²) in [5, 5.41) is 27.6. The van der Waals surface area contributed by atoms with Crippen LogP contribution < -0.4 is 10.6 Å². The highest BCUT2D eigenvalue weighted by Gasteiger charge is 2.26. The number of anilines is 1. The summed E-state index contributed by atoms with van der Waals surface area (Å²) in [5.74, 6) is -1.01. The Balaban J connectivity index is 1.87. The molecule has 0 aliphatic heterocycles. The quantitative estimate of drug-likeness (QED) is 0.578. The van der Waals surface area contributed by atoms with Crippen LogP contribution in [-0.4, -0.2) is 27.7 Å². The van der Waals surface area contributed by atoms with Crippen molar-refractivity contribution in [2.75, 3.05) is 5.32 Å². The van der Waals surface area contributed by atoms with Crippen LogP contribution in [-0.2, 0) is 0 Å². The lowest BCUT2D eigenvalue weighted by Gasteiger charge is -2.10. The summed E-state index contributed by atoms with van der Waals surface area (Å²) in [6.07, 6.45) is 1.88. The molecule has 1 fully saturated rings. The van der Waals surface area contributed by atoms with Gasteiger partial charge in [-0.25, -0.2) is 0 Å². The number of benzene rings is 2. The molecule has 0 heterocycles. The molecule has 10 nitrogen and oxygen atoms in total. The zero-order valence-electron chi connectivity index (χ0n) is 14.8. The van der Waals surface area contributed by atoms with Gasteiger partial charge >= 0.3 is 0 Å². The van der Waals surface area contributed by atoms with Gasteiger partial charge in [0.1, 0.15) is 0 Å². The molecule has 28 heavy (non-hydrogen) atoms. The summed E-state index contributed by atoms with van der Waals surface area (Å²) >= 11 is 0. The van der Waals surface area contributed by atoms with E-state index in [1.165, 1.54) is 13.0 Å². The van der Waals surface area contributed by atoms with Crippen LogP contribution in [0.15, 0.2) is 36.4 Å². The van der Waals surface area contributed by atoms with E-state index < -0.39 is 27.1 Å². The summed E-state index contributed by atoms with van der Waals surface area (Å²) in [4.78, 5) is 45.3. The van der Waals surface area contributed by atoms with Crippen LogP contribution in [0.1, 0.15) is 39.1 Å². The van der Waals surface area contributed by atoms with Gasteiger partial charge in [0.2, 0.25) is 0 Å². The van der Waals surface area contributed by atoms with Gasteiger partial charge in [0.15, 0.2) is 0 Å². The van der Waals surface area contributed by atoms with E-state index in [2.05, 4.69) is 10.6 Å². The summed E-state index contributed by atoms with van der Waals surface area (Å²) in [7, 11) is 0. The summed E-state index contributed by atoms with van der Waals surface area (Å²) in [6, 6.07) is 8.18. The van der Waals surface area contributed by atoms with E-state index in [4.69, 9.17) is 0 Å². The number of nitrogens with zero attached hydrogens (tertiary/aromatic N) is 2. The molecule has 1 aliphatic carbocycles. The molecule has 0 bridgehead atoms. The van der Waals surface area contributed by atoms with E-state index >= 15 is 0 Å². The molecule has 0 unspecified atom stereocenters. The SMILES string of the molecule is Cc1c(C(=O)Nc2cccc(C(=O)NC3CC3)c2)cc([N+](=O)[O-])cc1[N+](=O)[O-]. The number of hydrogen-bond donors (Lipinski definition) is 2. The first-order chi connectivity index (χ1) is 13.3. The molecular weight excluding hydrogens is 368 g/mol. The molecule has 144 valence electrons. The molecule has 2 aromatic rings. The maximum atomic E-state index is 12.6. The van der Waals surface area contributed by atoms with E-state index in [1.807, 2.05) is 0 Å². The lowest BCUT2D eigenvalue weighted by molar-refractivity contribution is -0.394. The number of carbonyl (C=O) groups excluding carboxylic acids is 2. The Kier molecular flexibility index (Phi) is 5.03. The van der Waals surface area contributed by atoms with E-state index in [9.17, 15) is 29.8 Å². The second-order valence-corrected chi connectivity index (χ2v) is 6.43. The number of nitro benzene ring substituents is 2. The summed E-state index contributed by atoms with van der Waals surface area (Å²) in [5.41, 5.74) is -0.602. The van der Waals surface area contributed by atoms with Gasteiger partial charge in [-0.3, -0.25) is 29.8 Å². The predicted octanol–water partition coefficient (Wildman–Crippen LogP) is 2.96. The zero-order chi connectivity index (χ0) is 20.4. The lowest BCUT2D eigenvalue weighted by atomic mass is 10.0. The smallest absolute Gasteiger partial charge is 0.279 e. The minimum atomic E-state index is -0.800. The van der Waals surface area contributed by atoms with E-state index in [-0.39, 0.29) is 23.1 Å². The highest BCUT2D eigenvalue weighted by atomic mass is 16.6. The monoisotopic (exact) mass is 384 g/mol. The van der Waals surface area contributed by atoms with Crippen LogP contribution in [0.3, 0.4) is 0 Å². The minimum absolute atomic E-state index is 0.00994. The number of non-ortho nitro benzene ring substituents is 1. The Morgan fingerprint density at radius 2 is 1.75 bits per heavy atom. The van der Waals surface area contributed by atoms with Gasteiger partial charge in [0, 0.05) is 28.9 Å². The van der Waals surface area contributed by atoms with E-state index in [0.29, 0.717) is 11.3 Å². The van der Waals surface area contributed by atoms with Crippen LogP contribution in [0, 0.1) is 27.2 Å². The summed E-state index contributed by atoms with van der Waals surface area (Å²) in [6.45, 7) is 1.34. The van der Waals surface area contributed by atoms with Gasteiger partial charge in [-0.1, -0.05) is 6.07 Å². The van der Waals surface area contributed by atoms with Crippen LogP contribution in [0.2, 0.25) is 0 Å². The Hall–Kier alpha value is -3.82. The molecule has 3 rings (SSSR count). The molecule has 1 aliphatic rings. The standard InChI is InChI=1S/C18H16N4O6/c1-10-15(8-14(21(25)26)9-16(10)22(27)28)18(24)20-13-4-2-3-11(7-13)17(23)19-12-5-6-12/h2-4,7-9,12H,5-6H2,1H3,(H,19,23)(H,20,24). The van der Waals surface area contributed by atoms with Gasteiger partial charge in [0.25, 0.3) is 23.2 Å². The number of carbonyl (C=O) groups is 2. The first kappa shape index (κ1) is 19.0. The second kappa shape index (κ2) is 7.43. The van der Waals surface area contributed by atoms with Gasteiger partial charge in [0.05, 0.1) is 21.5 Å². The van der Waals surface area contributed by atoms with Crippen molar-refractivity contribution in [2.45, 2.75) is 25.8 Å². The molecule has 0 saturated heterocycles. The van der Waals surface area contributed by atoms with Crippen molar-refractivity contribution in [3.05, 3.63) is 73.3 Å². The number of rotatable bonds is 6. The third-order valence-corrected chi connectivity index (χ3v) is 4.31. The van der Waals surface area contributed by atoms with Crippen molar-refractivity contribution < 1.29 is 19.4 Å². The van der Waals surface area contributed by atoms with Crippen molar-refractivity contribution in [2.24, 2.45) is 0 Å². The van der Waals surface area contributed by atoms with Crippen LogP contribution in [0.25, 0.3) is 0 Å². The normalized spacial score (nSPS) is 12.9. The molecule has 2 amide bonds. The van der Waals surface area contributed by atoms with Crippen molar-refractivity contribution in [3.63, 3.8) is 0 Å². The van der Waals surface area contributed by atoms with E-state index in [1.54, 1.807) is 18.2 Å². The Bertz CT molecular complexity index is 1000. The fourth-order valence-corrected chi connectivity index (χ4v) is 2.65. The number of hydrogen-bond acceptors (Lipinski definition) is 6. The average molecular weight is 384 g/mol. The Morgan fingerprint density at radius 1 is 1.04 bits per heavy atom. The van der Waals surface area contributed by atoms with E-state index in [0.717, 1.165) is 25.0 Å². The second-order valence-electron chi connectivity index (χ2n) is 6.43. The largest absolute Gasteiger partial charge is 0.349 e. The molecule has 10 heteroatoms. The van der Waals surface area contributed by atoms with Crippen molar-refractivity contribution >= 4 is 28.9 Å². The molecule has 0 aromatic heterocycles. The first-order valence-electron chi connectivity index (χ1n) is 8.42. The fraction of sp³-hybridized carbons (Fsp3) is 0.222. The molecule has 0 radical (unpaired) electrons. The van der Waals surface area contributed by atoms with Gasteiger partial charge < -0.3 is 10.6 Å². The number of amides is 2. The molecule has 0 spiro atoms. The van der Waals surface area contributed by atoms with Crippen molar-refractivity contribution in [1.29, 1.82) is 0 Å². The zero-order valence-corrected chi connectivity index (χ0v) is 14.8. The maximum Gasteiger partial charge on any atom is 0.279 e. The first-order valence-corrected chi connectivity index (χ1v) is 8.42. The van der Waals surface area contributed by atoms with Gasteiger partial charge in [-0.15, -0.1) is 0 Å². The third-order valence-electron chi connectivity index (χ3n) is 4.31. The maximum absolute atomic E-state index is 12.6. The Labute approximate surface area is 158 Å². The molecule has 2 aromatic carbocycles. The lowest BCUT2D eigenvalue weighted by Crippen LogP contribution is -2.25. The average Bonchev–Trinajstić information content (AvgIpc) is 3.45. The topological polar surface area (TPSA) is 144 Å². The highest BCUT2D eigenvalue weighted by Crippen LogP contribution is 2.28. The molecule has 0 atom stereocenters.